The molecule has 16 heavy (non-hydrogen) atoms. The van der Waals surface area contributed by atoms with E-state index in [0.29, 0.717) is 5.82 Å². The minimum atomic E-state index is -0.336. The molecule has 0 radical (unpaired) electrons. The maximum atomic E-state index is 11.3. The number of methoxy groups -OCH3 is 1. The number of aromatic nitrogens is 2. The van der Waals surface area contributed by atoms with Crippen LogP contribution in [-0.4, -0.2) is 42.3 Å². The van der Waals surface area contributed by atoms with Crippen LogP contribution in [0.25, 0.3) is 0 Å². The van der Waals surface area contributed by atoms with Crippen molar-refractivity contribution in [3.8, 4) is 0 Å². The summed E-state index contributed by atoms with van der Waals surface area (Å²) in [6.07, 6.45) is 1.38. The zero-order chi connectivity index (χ0) is 11.5. The molecule has 0 spiro atoms. The van der Waals surface area contributed by atoms with Crippen LogP contribution in [0.2, 0.25) is 0 Å². The number of nitrogen functional groups attached to an aromatic ring is 1. The Morgan fingerprint density at radius 1 is 1.62 bits per heavy atom. The lowest BCUT2D eigenvalue weighted by atomic mass is 10.2. The molecule has 7 heteroatoms. The van der Waals surface area contributed by atoms with Crippen LogP contribution >= 0.6 is 0 Å². The Hall–Kier alpha value is -1.60. The molecule has 2 rings (SSSR count). The van der Waals surface area contributed by atoms with Crippen LogP contribution in [0.4, 0.5) is 11.5 Å². The van der Waals surface area contributed by atoms with Gasteiger partial charge in [-0.1, -0.05) is 0 Å². The Bertz CT molecular complexity index is 419. The van der Waals surface area contributed by atoms with Crippen molar-refractivity contribution in [2.45, 2.75) is 12.1 Å². The van der Waals surface area contributed by atoms with E-state index in [1.54, 1.807) is 7.11 Å². The van der Waals surface area contributed by atoms with Crippen molar-refractivity contribution in [3.63, 3.8) is 0 Å². The van der Waals surface area contributed by atoms with Crippen LogP contribution in [0.1, 0.15) is 0 Å². The predicted molar refractivity (Wildman–Crippen MR) is 60.3 cm³/mol. The van der Waals surface area contributed by atoms with Gasteiger partial charge in [0.15, 0.2) is 5.82 Å². The molecule has 2 heterocycles. The number of nitrogens with one attached hydrogen (secondary N) is 3. The Balaban J connectivity index is 2.14. The third-order valence-electron chi connectivity index (χ3n) is 2.67. The molecule has 1 unspecified atom stereocenters. The fraction of sp³-hybridized carbons (Fsp3) is 0.556. The van der Waals surface area contributed by atoms with Crippen molar-refractivity contribution in [1.29, 1.82) is 0 Å². The fourth-order valence-electron chi connectivity index (χ4n) is 1.75. The number of rotatable bonds is 3. The fourth-order valence-corrected chi connectivity index (χ4v) is 1.75. The van der Waals surface area contributed by atoms with Crippen molar-refractivity contribution < 1.29 is 4.74 Å². The number of nitrogens with two attached hydrogens (primary N) is 1. The quantitative estimate of drug-likeness (QED) is 0.512. The summed E-state index contributed by atoms with van der Waals surface area (Å²) in [5.41, 5.74) is 5.38. The van der Waals surface area contributed by atoms with Gasteiger partial charge < -0.3 is 26.1 Å². The third kappa shape index (κ3) is 2.00. The van der Waals surface area contributed by atoms with E-state index >= 15 is 0 Å². The van der Waals surface area contributed by atoms with Gasteiger partial charge in [-0.25, -0.2) is 4.98 Å². The highest BCUT2D eigenvalue weighted by atomic mass is 16.5. The summed E-state index contributed by atoms with van der Waals surface area (Å²) in [4.78, 5) is 17.7. The Morgan fingerprint density at radius 3 is 3.19 bits per heavy atom. The second kappa shape index (κ2) is 4.50. The van der Waals surface area contributed by atoms with Crippen LogP contribution < -0.4 is 21.9 Å². The molecule has 1 fully saturated rings. The van der Waals surface area contributed by atoms with Gasteiger partial charge in [-0.3, -0.25) is 4.79 Å². The maximum Gasteiger partial charge on any atom is 0.276 e. The van der Waals surface area contributed by atoms with E-state index in [2.05, 4.69) is 20.6 Å². The minimum absolute atomic E-state index is 0.0560. The van der Waals surface area contributed by atoms with Crippen molar-refractivity contribution in [2.24, 2.45) is 0 Å². The van der Waals surface area contributed by atoms with Crippen LogP contribution in [-0.2, 0) is 4.74 Å². The number of nitrogens with zero attached hydrogens (tertiary/aromatic N) is 1. The van der Waals surface area contributed by atoms with Gasteiger partial charge in [0.2, 0.25) is 0 Å². The van der Waals surface area contributed by atoms with E-state index < -0.39 is 0 Å². The molecule has 5 N–H and O–H groups in total. The normalized spacial score (nSPS) is 24.6. The highest BCUT2D eigenvalue weighted by Gasteiger charge is 2.27. The molecule has 88 valence electrons. The number of ether oxygens (including phenoxy) is 1. The van der Waals surface area contributed by atoms with E-state index in [0.717, 1.165) is 13.1 Å². The monoisotopic (exact) mass is 225 g/mol. The van der Waals surface area contributed by atoms with Crippen molar-refractivity contribution in [1.82, 2.24) is 15.3 Å². The van der Waals surface area contributed by atoms with Gasteiger partial charge in [0, 0.05) is 20.2 Å². The smallest absolute Gasteiger partial charge is 0.276 e. The van der Waals surface area contributed by atoms with E-state index in [1.165, 1.54) is 6.33 Å². The SMILES string of the molecule is CO[C@H]1CNCC1Nc1nc[nH]c(=O)c1N. The number of H-pyrrole nitrogens is 1. The largest absolute Gasteiger partial charge is 0.391 e. The molecule has 0 bridgehead atoms. The first-order chi connectivity index (χ1) is 7.72. The number of aromatic amines is 1. The van der Waals surface area contributed by atoms with Crippen LogP contribution in [0.3, 0.4) is 0 Å². The molecule has 2 atom stereocenters. The Kier molecular flexibility index (Phi) is 3.07. The number of hydrogen-bond donors (Lipinski definition) is 4. The topological polar surface area (TPSA) is 105 Å². The van der Waals surface area contributed by atoms with E-state index in [-0.39, 0.29) is 23.4 Å². The highest BCUT2D eigenvalue weighted by Crippen LogP contribution is 2.13. The molecule has 0 aromatic carbocycles. The van der Waals surface area contributed by atoms with E-state index in [4.69, 9.17) is 10.5 Å². The highest BCUT2D eigenvalue weighted by molar-refractivity contribution is 5.59. The number of anilines is 2. The van der Waals surface area contributed by atoms with Crippen LogP contribution in [0.5, 0.6) is 0 Å². The average Bonchev–Trinajstić information content (AvgIpc) is 2.72. The van der Waals surface area contributed by atoms with Crippen LogP contribution in [0.15, 0.2) is 11.1 Å². The predicted octanol–water partition coefficient (Wildman–Crippen LogP) is -1.25. The van der Waals surface area contributed by atoms with Gasteiger partial charge in [0.25, 0.3) is 5.56 Å². The Labute approximate surface area is 92.4 Å². The van der Waals surface area contributed by atoms with Gasteiger partial charge in [0.1, 0.15) is 5.69 Å². The molecular weight excluding hydrogens is 210 g/mol. The zero-order valence-electron chi connectivity index (χ0n) is 8.99. The van der Waals surface area contributed by atoms with Crippen LogP contribution in [0, 0.1) is 0 Å². The molecule has 0 saturated carbocycles. The summed E-state index contributed by atoms with van der Waals surface area (Å²) in [5, 5.41) is 6.29. The summed E-state index contributed by atoms with van der Waals surface area (Å²) in [6, 6.07) is 0.0709. The van der Waals surface area contributed by atoms with E-state index in [1.807, 2.05) is 0 Å². The minimum Gasteiger partial charge on any atom is -0.391 e. The van der Waals surface area contributed by atoms with E-state index in [9.17, 15) is 4.79 Å². The lowest BCUT2D eigenvalue weighted by molar-refractivity contribution is 0.111. The van der Waals surface area contributed by atoms with Crippen molar-refractivity contribution in [3.05, 3.63) is 16.7 Å². The molecule has 1 saturated heterocycles. The molecule has 1 aliphatic heterocycles. The van der Waals surface area contributed by atoms with Gasteiger partial charge in [-0.15, -0.1) is 0 Å². The molecule has 0 amide bonds. The molecule has 1 aliphatic rings. The summed E-state index contributed by atoms with van der Waals surface area (Å²) in [6.45, 7) is 1.53. The van der Waals surface area contributed by atoms with Crippen molar-refractivity contribution >= 4 is 11.5 Å². The van der Waals surface area contributed by atoms with Gasteiger partial charge >= 0.3 is 0 Å². The second-order valence-corrected chi connectivity index (χ2v) is 3.68. The molecule has 0 aliphatic carbocycles. The zero-order valence-corrected chi connectivity index (χ0v) is 8.99. The number of hydrogen-bond acceptors (Lipinski definition) is 6. The second-order valence-electron chi connectivity index (χ2n) is 3.68. The summed E-state index contributed by atoms with van der Waals surface area (Å²) < 4.78 is 5.29. The molecule has 1 aromatic rings. The lowest BCUT2D eigenvalue weighted by Gasteiger charge is -2.19. The average molecular weight is 225 g/mol. The maximum absolute atomic E-state index is 11.3. The van der Waals surface area contributed by atoms with Gasteiger partial charge in [-0.05, 0) is 0 Å². The van der Waals surface area contributed by atoms with Crippen molar-refractivity contribution in [2.75, 3.05) is 31.2 Å². The summed E-state index contributed by atoms with van der Waals surface area (Å²) in [5.74, 6) is 0.402. The lowest BCUT2D eigenvalue weighted by Crippen LogP contribution is -2.34. The summed E-state index contributed by atoms with van der Waals surface area (Å²) >= 11 is 0. The molecule has 7 nitrogen and oxygen atoms in total. The first-order valence-electron chi connectivity index (χ1n) is 5.05. The first-order valence-corrected chi connectivity index (χ1v) is 5.05. The molecule has 1 aromatic heterocycles. The Morgan fingerprint density at radius 2 is 2.44 bits per heavy atom. The standard InChI is InChI=1S/C9H15N5O2/c1-16-6-3-11-2-5(6)14-8-7(10)9(15)13-4-12-8/h4-6,11H,2-3,10H2,1H3,(H2,12,13,14,15)/t5?,6-/m0/s1. The van der Waals surface area contributed by atoms with Gasteiger partial charge in [-0.2, -0.15) is 0 Å². The summed E-state index contributed by atoms with van der Waals surface area (Å²) in [7, 11) is 1.65. The third-order valence-corrected chi connectivity index (χ3v) is 2.67. The molecular formula is C9H15N5O2. The van der Waals surface area contributed by atoms with Gasteiger partial charge in [0.05, 0.1) is 18.5 Å². The first kappa shape index (κ1) is 10.9.